The van der Waals surface area contributed by atoms with Gasteiger partial charge in [-0.05, 0) is 43.5 Å². The predicted molar refractivity (Wildman–Crippen MR) is 95.1 cm³/mol. The lowest BCUT2D eigenvalue weighted by atomic mass is 10.1. The third-order valence-corrected chi connectivity index (χ3v) is 3.30. The van der Waals surface area contributed by atoms with Crippen LogP contribution in [0.3, 0.4) is 0 Å². The molecule has 2 heteroatoms. The van der Waals surface area contributed by atoms with Gasteiger partial charge in [-0.2, -0.15) is 5.26 Å². The SMILES string of the molecule is C=CCCCCCCCCCOc1ccc(C#N)cc1.CC. The molecule has 0 saturated heterocycles. The molecular weight excluding hydrogens is 270 g/mol. The van der Waals surface area contributed by atoms with Crippen molar-refractivity contribution in [2.45, 2.75) is 65.2 Å². The van der Waals surface area contributed by atoms with Crippen LogP contribution < -0.4 is 4.74 Å². The van der Waals surface area contributed by atoms with Crippen LogP contribution in [-0.2, 0) is 0 Å². The average Bonchev–Trinajstić information content (AvgIpc) is 2.59. The molecule has 2 nitrogen and oxygen atoms in total. The molecule has 122 valence electrons. The van der Waals surface area contributed by atoms with E-state index in [1.807, 2.05) is 32.1 Å². The third kappa shape index (κ3) is 11.0. The van der Waals surface area contributed by atoms with Gasteiger partial charge < -0.3 is 4.74 Å². The fraction of sp³-hybridized carbons (Fsp3) is 0.550. The van der Waals surface area contributed by atoms with Crippen LogP contribution in [0.5, 0.6) is 5.75 Å². The van der Waals surface area contributed by atoms with Crippen LogP contribution in [0.2, 0.25) is 0 Å². The number of ether oxygens (including phenoxy) is 1. The van der Waals surface area contributed by atoms with Gasteiger partial charge in [-0.1, -0.05) is 52.0 Å². The second-order valence-corrected chi connectivity index (χ2v) is 5.04. The first-order valence-electron chi connectivity index (χ1n) is 8.60. The van der Waals surface area contributed by atoms with E-state index in [2.05, 4.69) is 12.6 Å². The first-order valence-corrected chi connectivity index (χ1v) is 8.60. The molecule has 0 radical (unpaired) electrons. The molecule has 0 heterocycles. The van der Waals surface area contributed by atoms with Gasteiger partial charge in [0, 0.05) is 0 Å². The average molecular weight is 301 g/mol. The molecule has 22 heavy (non-hydrogen) atoms. The molecule has 0 aliphatic rings. The van der Waals surface area contributed by atoms with Crippen molar-refractivity contribution in [3.05, 3.63) is 42.5 Å². The van der Waals surface area contributed by atoms with Gasteiger partial charge in [0.15, 0.2) is 0 Å². The van der Waals surface area contributed by atoms with Crippen molar-refractivity contribution in [3.63, 3.8) is 0 Å². The molecule has 0 atom stereocenters. The Hall–Kier alpha value is -1.75. The number of hydrogen-bond acceptors (Lipinski definition) is 2. The van der Waals surface area contributed by atoms with E-state index in [0.717, 1.165) is 25.2 Å². The van der Waals surface area contributed by atoms with Gasteiger partial charge in [-0.3, -0.25) is 0 Å². The minimum atomic E-state index is 0.675. The Bertz CT molecular complexity index is 403. The molecule has 0 saturated carbocycles. The molecule has 1 aromatic rings. The summed E-state index contributed by atoms with van der Waals surface area (Å²) in [5, 5.41) is 8.70. The molecule has 0 aromatic heterocycles. The van der Waals surface area contributed by atoms with Gasteiger partial charge in [-0.25, -0.2) is 0 Å². The van der Waals surface area contributed by atoms with E-state index in [0.29, 0.717) is 5.56 Å². The normalized spacial score (nSPS) is 9.32. The van der Waals surface area contributed by atoms with Crippen LogP contribution in [0.1, 0.15) is 70.8 Å². The number of allylic oxidation sites excluding steroid dienone is 1. The van der Waals surface area contributed by atoms with Crippen molar-refractivity contribution in [2.24, 2.45) is 0 Å². The molecule has 0 aliphatic heterocycles. The monoisotopic (exact) mass is 301 g/mol. The highest BCUT2D eigenvalue weighted by molar-refractivity contribution is 5.34. The zero-order valence-electron chi connectivity index (χ0n) is 14.3. The van der Waals surface area contributed by atoms with Gasteiger partial charge in [0.05, 0.1) is 18.2 Å². The van der Waals surface area contributed by atoms with E-state index in [1.54, 1.807) is 12.1 Å². The maximum Gasteiger partial charge on any atom is 0.119 e. The van der Waals surface area contributed by atoms with E-state index in [4.69, 9.17) is 10.00 Å². The molecule has 1 aromatic carbocycles. The number of benzene rings is 1. The smallest absolute Gasteiger partial charge is 0.119 e. The zero-order chi connectivity index (χ0) is 16.5. The van der Waals surface area contributed by atoms with Gasteiger partial charge in [0.25, 0.3) is 0 Å². The van der Waals surface area contributed by atoms with Crippen molar-refractivity contribution in [1.82, 2.24) is 0 Å². The topological polar surface area (TPSA) is 33.0 Å². The van der Waals surface area contributed by atoms with Crippen molar-refractivity contribution < 1.29 is 4.74 Å². The molecule has 0 unspecified atom stereocenters. The molecule has 1 rings (SSSR count). The fourth-order valence-electron chi connectivity index (χ4n) is 2.09. The van der Waals surface area contributed by atoms with Crippen molar-refractivity contribution in [2.75, 3.05) is 6.61 Å². The maximum absolute atomic E-state index is 8.70. The summed E-state index contributed by atoms with van der Waals surface area (Å²) in [4.78, 5) is 0. The van der Waals surface area contributed by atoms with Gasteiger partial charge in [0.1, 0.15) is 5.75 Å². The minimum absolute atomic E-state index is 0.675. The Balaban J connectivity index is 0.00000211. The number of hydrogen-bond donors (Lipinski definition) is 0. The second-order valence-electron chi connectivity index (χ2n) is 5.04. The highest BCUT2D eigenvalue weighted by Gasteiger charge is 1.95. The third-order valence-electron chi connectivity index (χ3n) is 3.30. The van der Waals surface area contributed by atoms with E-state index < -0.39 is 0 Å². The van der Waals surface area contributed by atoms with Crippen molar-refractivity contribution in [1.29, 1.82) is 5.26 Å². The van der Waals surface area contributed by atoms with Gasteiger partial charge in [0.2, 0.25) is 0 Å². The Labute approximate surface area is 136 Å². The summed E-state index contributed by atoms with van der Waals surface area (Å²) < 4.78 is 5.64. The fourth-order valence-corrected chi connectivity index (χ4v) is 2.09. The molecule has 0 N–H and O–H groups in total. The van der Waals surface area contributed by atoms with Crippen LogP contribution in [0.15, 0.2) is 36.9 Å². The number of nitriles is 1. The molecule has 0 aliphatic carbocycles. The number of nitrogens with zero attached hydrogens (tertiary/aromatic N) is 1. The standard InChI is InChI=1S/C18H25NO.C2H6/c1-2-3-4-5-6-7-8-9-10-15-20-18-13-11-17(16-19)12-14-18;1-2/h2,11-14H,1,3-10,15H2;1-2H3. The van der Waals surface area contributed by atoms with Crippen LogP contribution in [0.4, 0.5) is 0 Å². The minimum Gasteiger partial charge on any atom is -0.494 e. The predicted octanol–water partition coefficient (Wildman–Crippen LogP) is 6.27. The highest BCUT2D eigenvalue weighted by atomic mass is 16.5. The number of rotatable bonds is 11. The van der Waals surface area contributed by atoms with Crippen molar-refractivity contribution >= 4 is 0 Å². The summed E-state index contributed by atoms with van der Waals surface area (Å²) in [6.45, 7) is 8.50. The molecular formula is C20H31NO. The first kappa shape index (κ1) is 20.2. The van der Waals surface area contributed by atoms with Crippen molar-refractivity contribution in [3.8, 4) is 11.8 Å². The first-order chi connectivity index (χ1) is 10.9. The Morgan fingerprint density at radius 2 is 1.50 bits per heavy atom. The van der Waals surface area contributed by atoms with Crippen LogP contribution >= 0.6 is 0 Å². The Kier molecular flexibility index (Phi) is 14.4. The van der Waals surface area contributed by atoms with Crippen LogP contribution in [0.25, 0.3) is 0 Å². The Morgan fingerprint density at radius 3 is 2.05 bits per heavy atom. The Morgan fingerprint density at radius 1 is 0.955 bits per heavy atom. The lowest BCUT2D eigenvalue weighted by Crippen LogP contribution is -1.97. The second kappa shape index (κ2) is 15.6. The lowest BCUT2D eigenvalue weighted by molar-refractivity contribution is 0.304. The molecule has 0 fully saturated rings. The lowest BCUT2D eigenvalue weighted by Gasteiger charge is -2.06. The molecule has 0 bridgehead atoms. The quantitative estimate of drug-likeness (QED) is 0.356. The van der Waals surface area contributed by atoms with E-state index in [1.165, 1.54) is 38.5 Å². The van der Waals surface area contributed by atoms with E-state index in [-0.39, 0.29) is 0 Å². The summed E-state index contributed by atoms with van der Waals surface area (Å²) in [6.07, 6.45) is 12.1. The van der Waals surface area contributed by atoms with E-state index >= 15 is 0 Å². The van der Waals surface area contributed by atoms with Gasteiger partial charge in [-0.15, -0.1) is 6.58 Å². The summed E-state index contributed by atoms with van der Waals surface area (Å²) in [5.41, 5.74) is 0.675. The summed E-state index contributed by atoms with van der Waals surface area (Å²) >= 11 is 0. The summed E-state index contributed by atoms with van der Waals surface area (Å²) in [6, 6.07) is 9.40. The van der Waals surface area contributed by atoms with Crippen LogP contribution in [0, 0.1) is 11.3 Å². The van der Waals surface area contributed by atoms with Crippen LogP contribution in [-0.4, -0.2) is 6.61 Å². The van der Waals surface area contributed by atoms with Gasteiger partial charge >= 0.3 is 0 Å². The molecule has 0 spiro atoms. The highest BCUT2D eigenvalue weighted by Crippen LogP contribution is 2.13. The van der Waals surface area contributed by atoms with E-state index in [9.17, 15) is 0 Å². The summed E-state index contributed by atoms with van der Waals surface area (Å²) in [7, 11) is 0. The summed E-state index contributed by atoms with van der Waals surface area (Å²) in [5.74, 6) is 0.855. The maximum atomic E-state index is 8.70. The number of unbranched alkanes of at least 4 members (excludes halogenated alkanes) is 7. The molecule has 0 amide bonds. The zero-order valence-corrected chi connectivity index (χ0v) is 14.3. The largest absolute Gasteiger partial charge is 0.494 e.